The van der Waals surface area contributed by atoms with Crippen molar-refractivity contribution in [3.05, 3.63) is 155 Å². The van der Waals surface area contributed by atoms with Crippen LogP contribution in [-0.4, -0.2) is 189 Å². The van der Waals surface area contributed by atoms with Crippen LogP contribution in [0.15, 0.2) is 107 Å². The summed E-state index contributed by atoms with van der Waals surface area (Å²) in [5.74, 6) is 1.37. The number of nitrogens with one attached hydrogen (secondary N) is 2. The van der Waals surface area contributed by atoms with Gasteiger partial charge in [0, 0.05) is 69.6 Å². The average molecular weight is 1990 g/mol. The van der Waals surface area contributed by atoms with Crippen molar-refractivity contribution in [1.29, 1.82) is 0 Å². The molecular formula is C104H140BBrN10O15S4. The van der Waals surface area contributed by atoms with Gasteiger partial charge in [0.15, 0.2) is 3.92 Å². The van der Waals surface area contributed by atoms with Crippen LogP contribution in [0.2, 0.25) is 0 Å². The number of nitrogens with zero attached hydrogens (tertiary/aromatic N) is 8. The monoisotopic (exact) mass is 1990 g/mol. The lowest BCUT2D eigenvalue weighted by Gasteiger charge is -2.39. The quantitative estimate of drug-likeness (QED) is 0.0651. The Hall–Kier alpha value is -7.92. The number of piperidine rings is 4. The molecule has 4 unspecified atom stereocenters. The van der Waals surface area contributed by atoms with Crippen LogP contribution in [0.25, 0.3) is 46.4 Å². The molecule has 0 bridgehead atoms. The first-order valence-corrected chi connectivity index (χ1v) is 52.7. The zero-order valence-electron chi connectivity index (χ0n) is 82.2. The highest BCUT2D eigenvalue weighted by Gasteiger charge is 2.52. The van der Waals surface area contributed by atoms with Crippen LogP contribution in [0.1, 0.15) is 311 Å². The first kappa shape index (κ1) is 103. The molecule has 10 aliphatic rings. The predicted molar refractivity (Wildman–Crippen MR) is 543 cm³/mol. The van der Waals surface area contributed by atoms with E-state index in [1.165, 1.54) is 70.8 Å². The van der Waals surface area contributed by atoms with Gasteiger partial charge in [-0.05, 0) is 345 Å². The van der Waals surface area contributed by atoms with Gasteiger partial charge in [0.25, 0.3) is 0 Å². The fourth-order valence-corrected chi connectivity index (χ4v) is 23.1. The minimum absolute atomic E-state index is 0.0397. The standard InChI is InChI=1S/C23H32N2O3S.C23H30N2O3S.C18H23BrN2O2S.C18H24N2OS.C11H19BO3.C11H12N2O3/c2*1-15-5-7-19(25(14-15)22(26)28-23(2,3)4)17-6-8-20-18(13-17)24-21(29-20)16-9-11-27-12-10-16;1-11-5-7-14(21(10-11)17(22)23-18(2,3)4)12-6-8-15-13(9-12)20-16(19)24-15;1-12-2-4-15(19-11-12)14-3-5-17-16(10-14)20-18(22-17)13-6-8-21-9-7-13;1-10(2)11(3,4)15-12(14-10)9-5-7-13-8-6-9;1-6-9(7-2-3-7)4-8(5-12-6)13-10(14)11(15)16/h6,8,13,15-16,19H,5,7,9-12,14H2,1-4H3;6,8-9,13,15,19H,5,7,10-12,14H2,1-4H3;6,8-9,11,14H,5,7,10H2,1-4H3;3,5,10,12-13,15,19H,2,4,6-9,11H2,1H3;5H,6-8H2,1-4H3;4-5,7H,2-3H2,1H3,(H,13,14)(H,15,16)/t2*15-,19?;11-,14?;12-,15?;;/m0000../s1. The van der Waals surface area contributed by atoms with Gasteiger partial charge in [-0.1, -0.05) is 64.1 Å². The number of benzene rings is 4. The van der Waals surface area contributed by atoms with Crippen molar-refractivity contribution in [1.82, 2.24) is 44.9 Å². The number of halogens is 1. The number of ether oxygens (including phenoxy) is 7. The molecule has 4 amide bonds. The van der Waals surface area contributed by atoms with Crippen LogP contribution in [0.4, 0.5) is 20.1 Å². The Labute approximate surface area is 821 Å². The number of carboxylic acids is 1. The summed E-state index contributed by atoms with van der Waals surface area (Å²) in [5, 5.41) is 18.0. The maximum absolute atomic E-state index is 12.9. The SMILES string of the molecule is CC1(C)OB(C2=CCOCC2)OC1(C)C.C[C@H]1CCC(c2ccc3sc(Br)nc3c2)N(C(=O)OC(C)(C)C)C1.C[C@H]1CCC(c2ccc3sc(C4=CCOCC4)nc3c2)N(C(=O)OC(C)(C)C)C1.C[C@H]1CCC(c2ccc3sc(C4CCOCC4)nc3c2)N(C(=O)OC(C)(C)C)C1.C[C@H]1CCC(c2ccc3sc(C4CCOCC4)nc3c2)NC1.Cc1ncc(NC(=O)C(=O)O)cc1C1CC1. The molecular weight excluding hydrogens is 1850 g/mol. The number of pyridine rings is 1. The molecule has 9 aliphatic heterocycles. The van der Waals surface area contributed by atoms with Crippen LogP contribution in [-0.2, 0) is 52.1 Å². The number of anilines is 1. The van der Waals surface area contributed by atoms with Crippen molar-refractivity contribution < 1.29 is 71.5 Å². The number of rotatable bonds is 10. The van der Waals surface area contributed by atoms with E-state index in [9.17, 15) is 24.0 Å². The number of aromatic nitrogens is 5. The summed E-state index contributed by atoms with van der Waals surface area (Å²) in [6.45, 7) is 46.0. The summed E-state index contributed by atoms with van der Waals surface area (Å²) in [6.07, 6.45) is 22.2. The topological polar surface area (TPSA) is 287 Å². The third-order valence-corrected chi connectivity index (χ3v) is 31.7. The summed E-state index contributed by atoms with van der Waals surface area (Å²) in [5.41, 5.74) is 12.1. The number of hydrogen-bond donors (Lipinski definition) is 3. The number of fused-ring (bicyclic) bond motifs is 4. The van der Waals surface area contributed by atoms with E-state index >= 15 is 0 Å². The number of hydrogen-bond acceptors (Lipinski definition) is 24. The number of amides is 4. The fourth-order valence-electron chi connectivity index (χ4n) is 18.4. The molecule has 19 rings (SSSR count). The minimum Gasteiger partial charge on any atom is -0.474 e. The molecule has 5 aromatic heterocycles. The molecule has 7 saturated heterocycles. The third kappa shape index (κ3) is 28.0. The largest absolute Gasteiger partial charge is 0.490 e. The van der Waals surface area contributed by atoms with E-state index in [2.05, 4.69) is 177 Å². The van der Waals surface area contributed by atoms with Gasteiger partial charge in [-0.3, -0.25) is 9.78 Å². The highest BCUT2D eigenvalue weighted by Crippen LogP contribution is 2.46. The maximum Gasteiger partial charge on any atom is 0.490 e. The maximum atomic E-state index is 12.9. The molecule has 31 heteroatoms. The van der Waals surface area contributed by atoms with Gasteiger partial charge < -0.3 is 72.9 Å². The van der Waals surface area contributed by atoms with Crippen LogP contribution in [0.5, 0.6) is 0 Å². The Kier molecular flexibility index (Phi) is 34.4. The molecule has 0 radical (unpaired) electrons. The molecule has 8 fully saturated rings. The third-order valence-electron chi connectivity index (χ3n) is 26.7. The molecule has 0 spiro atoms. The van der Waals surface area contributed by atoms with Crippen LogP contribution < -0.4 is 10.6 Å². The smallest absolute Gasteiger partial charge is 0.474 e. The van der Waals surface area contributed by atoms with Gasteiger partial charge in [-0.25, -0.2) is 39.1 Å². The summed E-state index contributed by atoms with van der Waals surface area (Å²) in [4.78, 5) is 89.0. The van der Waals surface area contributed by atoms with Crippen molar-refractivity contribution in [3.63, 3.8) is 0 Å². The number of carbonyl (C=O) groups excluding carboxylic acids is 4. The van der Waals surface area contributed by atoms with Crippen molar-refractivity contribution in [2.45, 2.75) is 297 Å². The zero-order chi connectivity index (χ0) is 96.4. The summed E-state index contributed by atoms with van der Waals surface area (Å²) < 4.78 is 56.4. The van der Waals surface area contributed by atoms with Crippen molar-refractivity contribution in [2.24, 2.45) is 23.7 Å². The number of thiazole rings is 4. The summed E-state index contributed by atoms with van der Waals surface area (Å²) in [7, 11) is -0.182. The number of likely N-dealkylation sites (tertiary alicyclic amines) is 3. The van der Waals surface area contributed by atoms with E-state index in [1.807, 2.05) is 95.3 Å². The second-order valence-corrected chi connectivity index (χ2v) is 47.5. The minimum atomic E-state index is -1.49. The molecule has 3 N–H and O–H groups in total. The Morgan fingerprint density at radius 3 is 1.33 bits per heavy atom. The van der Waals surface area contributed by atoms with Crippen molar-refractivity contribution >= 4 is 151 Å². The highest BCUT2D eigenvalue weighted by atomic mass is 79.9. The Morgan fingerprint density at radius 1 is 0.489 bits per heavy atom. The lowest BCUT2D eigenvalue weighted by Crippen LogP contribution is -2.44. The van der Waals surface area contributed by atoms with Gasteiger partial charge in [0.1, 0.15) is 21.8 Å². The van der Waals surface area contributed by atoms with Crippen molar-refractivity contribution in [3.8, 4) is 0 Å². The number of carboxylic acid groups (broad SMARTS) is 1. The molecule has 8 atom stereocenters. The first-order chi connectivity index (χ1) is 64.1. The molecule has 14 heterocycles. The normalized spacial score (nSPS) is 23.5. The average Bonchev–Trinajstić information content (AvgIpc) is 1.67. The van der Waals surface area contributed by atoms with E-state index in [0.717, 1.165) is 214 Å². The van der Waals surface area contributed by atoms with Crippen molar-refractivity contribution in [2.75, 3.05) is 84.4 Å². The molecule has 730 valence electrons. The zero-order valence-corrected chi connectivity index (χ0v) is 87.1. The molecule has 1 saturated carbocycles. The van der Waals surface area contributed by atoms with E-state index in [4.69, 9.17) is 62.5 Å². The lowest BCUT2D eigenvalue weighted by atomic mass is 9.75. The Bertz CT molecular complexity index is 5640. The summed E-state index contributed by atoms with van der Waals surface area (Å²) in [6, 6.07) is 28.7. The first-order valence-electron chi connectivity index (χ1n) is 48.7. The van der Waals surface area contributed by atoms with E-state index in [0.29, 0.717) is 60.5 Å². The Balaban J connectivity index is 0.000000132. The van der Waals surface area contributed by atoms with Gasteiger partial charge in [-0.2, -0.15) is 0 Å². The molecule has 9 aromatic rings. The predicted octanol–water partition coefficient (Wildman–Crippen LogP) is 25.0. The highest BCUT2D eigenvalue weighted by molar-refractivity contribution is 9.11. The van der Waals surface area contributed by atoms with Crippen LogP contribution in [0, 0.1) is 30.6 Å². The Morgan fingerprint density at radius 2 is 0.911 bits per heavy atom. The second-order valence-electron chi connectivity index (χ2n) is 42.1. The van der Waals surface area contributed by atoms with E-state index in [-0.39, 0.29) is 54.7 Å². The molecule has 1 aliphatic carbocycles. The summed E-state index contributed by atoms with van der Waals surface area (Å²) >= 11 is 10.5. The van der Waals surface area contributed by atoms with Gasteiger partial charge in [0.05, 0.1) is 119 Å². The number of aliphatic carboxylic acids is 1. The fraction of sp³-hybridized carbons (Fsp3) is 0.596. The van der Waals surface area contributed by atoms with Crippen LogP contribution in [0.3, 0.4) is 0 Å². The van der Waals surface area contributed by atoms with E-state index < -0.39 is 28.7 Å². The number of carbonyl (C=O) groups is 5. The lowest BCUT2D eigenvalue weighted by molar-refractivity contribution is -0.147. The number of aryl methyl sites for hydroxylation is 1. The van der Waals surface area contributed by atoms with Gasteiger partial charge in [0.2, 0.25) is 0 Å². The van der Waals surface area contributed by atoms with Gasteiger partial charge >= 0.3 is 37.3 Å². The van der Waals surface area contributed by atoms with E-state index in [1.54, 1.807) is 40.1 Å². The van der Waals surface area contributed by atoms with Crippen LogP contribution >= 0.6 is 61.3 Å². The second kappa shape index (κ2) is 45.1. The van der Waals surface area contributed by atoms with Gasteiger partial charge in [-0.15, -0.1) is 45.3 Å². The molecule has 4 aromatic carbocycles. The molecule has 25 nitrogen and oxygen atoms in total. The molecule has 135 heavy (non-hydrogen) atoms.